The molecule has 0 saturated carbocycles. The maximum Gasteiger partial charge on any atom is 0.290 e. The van der Waals surface area contributed by atoms with Gasteiger partial charge in [-0.1, -0.05) is 55.5 Å². The summed E-state index contributed by atoms with van der Waals surface area (Å²) in [5.74, 6) is -0.963. The van der Waals surface area contributed by atoms with Crippen LogP contribution in [0.2, 0.25) is 0 Å². The zero-order valence-electron chi connectivity index (χ0n) is 18.1. The SMILES string of the molecule is CCN(C)C(C(=O)NNC(=O)c1nn(C(C)C)c(=O)c2ccccc12)c1ccccc1. The molecule has 31 heavy (non-hydrogen) atoms. The Balaban J connectivity index is 1.88. The van der Waals surface area contributed by atoms with Crippen molar-refractivity contribution in [1.29, 1.82) is 0 Å². The summed E-state index contributed by atoms with van der Waals surface area (Å²) in [6, 6.07) is 15.4. The van der Waals surface area contributed by atoms with Gasteiger partial charge in [-0.15, -0.1) is 0 Å². The van der Waals surface area contributed by atoms with Crippen molar-refractivity contribution in [3.05, 3.63) is 76.2 Å². The van der Waals surface area contributed by atoms with E-state index in [2.05, 4.69) is 16.0 Å². The van der Waals surface area contributed by atoms with Gasteiger partial charge >= 0.3 is 0 Å². The van der Waals surface area contributed by atoms with Crippen LogP contribution in [-0.2, 0) is 4.79 Å². The van der Waals surface area contributed by atoms with E-state index >= 15 is 0 Å². The number of aromatic nitrogens is 2. The van der Waals surface area contributed by atoms with Crippen LogP contribution >= 0.6 is 0 Å². The molecule has 2 aromatic carbocycles. The van der Waals surface area contributed by atoms with Crippen LogP contribution in [0.4, 0.5) is 0 Å². The summed E-state index contributed by atoms with van der Waals surface area (Å²) in [5, 5.41) is 5.09. The number of fused-ring (bicyclic) bond motifs is 1. The van der Waals surface area contributed by atoms with E-state index in [0.717, 1.165) is 5.56 Å². The third-order valence-electron chi connectivity index (χ3n) is 5.14. The Morgan fingerprint density at radius 2 is 1.61 bits per heavy atom. The number of benzene rings is 2. The van der Waals surface area contributed by atoms with E-state index in [0.29, 0.717) is 17.3 Å². The van der Waals surface area contributed by atoms with E-state index < -0.39 is 11.9 Å². The Morgan fingerprint density at radius 3 is 2.23 bits per heavy atom. The molecular weight excluding hydrogens is 394 g/mol. The number of hydrogen-bond donors (Lipinski definition) is 2. The number of hydrazine groups is 1. The highest BCUT2D eigenvalue weighted by Gasteiger charge is 2.25. The molecule has 1 heterocycles. The van der Waals surface area contributed by atoms with Crippen LogP contribution in [0.3, 0.4) is 0 Å². The van der Waals surface area contributed by atoms with Crippen molar-refractivity contribution in [2.45, 2.75) is 32.9 Å². The van der Waals surface area contributed by atoms with Crippen LogP contribution in [0.5, 0.6) is 0 Å². The lowest BCUT2D eigenvalue weighted by Crippen LogP contribution is -2.48. The van der Waals surface area contributed by atoms with Gasteiger partial charge in [-0.05, 0) is 39.1 Å². The second-order valence-electron chi connectivity index (χ2n) is 7.57. The predicted octanol–water partition coefficient (Wildman–Crippen LogP) is 2.43. The molecule has 0 fully saturated rings. The predicted molar refractivity (Wildman–Crippen MR) is 119 cm³/mol. The lowest BCUT2D eigenvalue weighted by Gasteiger charge is -2.26. The van der Waals surface area contributed by atoms with E-state index in [1.807, 2.05) is 63.1 Å². The maximum atomic E-state index is 12.9. The number of nitrogens with zero attached hydrogens (tertiary/aromatic N) is 3. The molecule has 0 radical (unpaired) electrons. The van der Waals surface area contributed by atoms with Gasteiger partial charge in [-0.25, -0.2) is 4.68 Å². The zero-order chi connectivity index (χ0) is 22.5. The Hall–Kier alpha value is -3.52. The molecule has 1 atom stereocenters. The summed E-state index contributed by atoms with van der Waals surface area (Å²) < 4.78 is 1.27. The zero-order valence-corrected chi connectivity index (χ0v) is 18.1. The number of carbonyl (C=O) groups excluding carboxylic acids is 2. The van der Waals surface area contributed by atoms with Gasteiger partial charge in [0.25, 0.3) is 17.4 Å². The first-order valence-corrected chi connectivity index (χ1v) is 10.2. The van der Waals surface area contributed by atoms with Crippen LogP contribution < -0.4 is 16.4 Å². The molecule has 0 aliphatic carbocycles. The van der Waals surface area contributed by atoms with Gasteiger partial charge in [0, 0.05) is 5.39 Å². The Bertz CT molecular complexity index is 1140. The standard InChI is InChI=1S/C23H27N5O3/c1-5-27(4)20(16-11-7-6-8-12-16)22(30)25-24-21(29)19-17-13-9-10-14-18(17)23(31)28(26-19)15(2)3/h6-15,20H,5H2,1-4H3,(H,24,29)(H,25,30). The third-order valence-corrected chi connectivity index (χ3v) is 5.14. The number of nitrogens with one attached hydrogen (secondary N) is 2. The fraction of sp³-hybridized carbons (Fsp3) is 0.304. The van der Waals surface area contributed by atoms with E-state index in [1.165, 1.54) is 4.68 Å². The Morgan fingerprint density at radius 1 is 1.00 bits per heavy atom. The van der Waals surface area contributed by atoms with Gasteiger partial charge in [0.15, 0.2) is 5.69 Å². The number of amides is 2. The first-order chi connectivity index (χ1) is 14.8. The summed E-state index contributed by atoms with van der Waals surface area (Å²) in [4.78, 5) is 40.4. The number of likely N-dealkylation sites (N-methyl/N-ethyl adjacent to an activating group) is 1. The molecule has 3 rings (SSSR count). The molecule has 8 heteroatoms. The van der Waals surface area contributed by atoms with Crippen LogP contribution in [0.25, 0.3) is 10.8 Å². The summed E-state index contributed by atoms with van der Waals surface area (Å²) >= 11 is 0. The second-order valence-corrected chi connectivity index (χ2v) is 7.57. The normalized spacial score (nSPS) is 12.2. The smallest absolute Gasteiger partial charge is 0.290 e. The van der Waals surface area contributed by atoms with Gasteiger partial charge in [0.05, 0.1) is 11.4 Å². The largest absolute Gasteiger partial charge is 0.292 e. The van der Waals surface area contributed by atoms with Gasteiger partial charge < -0.3 is 0 Å². The van der Waals surface area contributed by atoms with Crippen molar-refractivity contribution in [3.63, 3.8) is 0 Å². The van der Waals surface area contributed by atoms with Gasteiger partial charge in [-0.2, -0.15) is 5.10 Å². The highest BCUT2D eigenvalue weighted by atomic mass is 16.2. The van der Waals surface area contributed by atoms with E-state index in [-0.39, 0.29) is 23.2 Å². The van der Waals surface area contributed by atoms with Crippen LogP contribution in [0.1, 0.15) is 48.9 Å². The lowest BCUT2D eigenvalue weighted by molar-refractivity contribution is -0.127. The summed E-state index contributed by atoms with van der Waals surface area (Å²) in [6.07, 6.45) is 0. The highest BCUT2D eigenvalue weighted by molar-refractivity contribution is 6.05. The number of rotatable bonds is 6. The van der Waals surface area contributed by atoms with Crippen molar-refractivity contribution >= 4 is 22.6 Å². The fourth-order valence-corrected chi connectivity index (χ4v) is 3.39. The van der Waals surface area contributed by atoms with Crippen molar-refractivity contribution in [2.24, 2.45) is 0 Å². The second kappa shape index (κ2) is 9.53. The van der Waals surface area contributed by atoms with Crippen LogP contribution in [0, 0.1) is 0 Å². The van der Waals surface area contributed by atoms with Crippen molar-refractivity contribution in [2.75, 3.05) is 13.6 Å². The topological polar surface area (TPSA) is 96.3 Å². The summed E-state index contributed by atoms with van der Waals surface area (Å²) in [7, 11) is 1.84. The van der Waals surface area contributed by atoms with Gasteiger partial charge in [0.1, 0.15) is 6.04 Å². The Labute approximate surface area is 180 Å². The number of hydrogen-bond acceptors (Lipinski definition) is 5. The van der Waals surface area contributed by atoms with Gasteiger partial charge in [-0.3, -0.25) is 30.1 Å². The minimum atomic E-state index is -0.593. The quantitative estimate of drug-likeness (QED) is 0.596. The lowest BCUT2D eigenvalue weighted by atomic mass is 10.1. The number of carbonyl (C=O) groups is 2. The molecule has 1 unspecified atom stereocenters. The summed E-state index contributed by atoms with van der Waals surface area (Å²) in [5.41, 5.74) is 5.60. The molecule has 0 saturated heterocycles. The molecule has 0 aliphatic rings. The van der Waals surface area contributed by atoms with Crippen molar-refractivity contribution in [3.8, 4) is 0 Å². The molecule has 0 aliphatic heterocycles. The van der Waals surface area contributed by atoms with E-state index in [9.17, 15) is 14.4 Å². The maximum absolute atomic E-state index is 12.9. The minimum absolute atomic E-state index is 0.0734. The highest BCUT2D eigenvalue weighted by Crippen LogP contribution is 2.19. The molecule has 8 nitrogen and oxygen atoms in total. The molecule has 3 aromatic rings. The Kier molecular flexibility index (Phi) is 6.81. The molecule has 2 amide bonds. The minimum Gasteiger partial charge on any atom is -0.292 e. The van der Waals surface area contributed by atoms with E-state index in [1.54, 1.807) is 24.3 Å². The molecule has 1 aromatic heterocycles. The molecule has 0 spiro atoms. The summed E-state index contributed by atoms with van der Waals surface area (Å²) in [6.45, 7) is 6.23. The average Bonchev–Trinajstić information content (AvgIpc) is 2.78. The molecular formula is C23H27N5O3. The van der Waals surface area contributed by atoms with Crippen molar-refractivity contribution in [1.82, 2.24) is 25.5 Å². The average molecular weight is 422 g/mol. The monoisotopic (exact) mass is 421 g/mol. The van der Waals surface area contributed by atoms with E-state index in [4.69, 9.17) is 0 Å². The molecule has 0 bridgehead atoms. The van der Waals surface area contributed by atoms with Crippen LogP contribution in [0.15, 0.2) is 59.4 Å². The third kappa shape index (κ3) is 4.64. The first-order valence-electron chi connectivity index (χ1n) is 10.2. The first kappa shape index (κ1) is 22.2. The van der Waals surface area contributed by atoms with Gasteiger partial charge in [0.2, 0.25) is 0 Å². The fourth-order valence-electron chi connectivity index (χ4n) is 3.39. The molecule has 2 N–H and O–H groups in total. The molecule has 162 valence electrons. The van der Waals surface area contributed by atoms with Crippen LogP contribution in [-0.4, -0.2) is 40.1 Å². The van der Waals surface area contributed by atoms with Crippen molar-refractivity contribution < 1.29 is 9.59 Å².